The van der Waals surface area contributed by atoms with Crippen molar-refractivity contribution >= 4 is 23.1 Å². The topological polar surface area (TPSA) is 42.2 Å². The van der Waals surface area contributed by atoms with E-state index in [0.717, 1.165) is 27.7 Å². The first-order valence-corrected chi connectivity index (χ1v) is 6.58. The first-order chi connectivity index (χ1) is 9.00. The minimum Gasteiger partial charge on any atom is -0.396 e. The third kappa shape index (κ3) is 2.82. The Labute approximate surface area is 119 Å². The van der Waals surface area contributed by atoms with Crippen LogP contribution in [-0.4, -0.2) is 12.0 Å². The van der Waals surface area contributed by atoms with Crippen LogP contribution in [0.1, 0.15) is 24.1 Å². The summed E-state index contributed by atoms with van der Waals surface area (Å²) in [5.41, 5.74) is 8.99. The summed E-state index contributed by atoms with van der Waals surface area (Å²) in [6, 6.07) is 9.91. The predicted octanol–water partition coefficient (Wildman–Crippen LogP) is 3.82. The van der Waals surface area contributed by atoms with E-state index in [2.05, 4.69) is 22.9 Å². The van der Waals surface area contributed by atoms with Crippen LogP contribution >= 0.6 is 11.6 Å². The van der Waals surface area contributed by atoms with Gasteiger partial charge in [0.15, 0.2) is 5.82 Å². The molecule has 1 aromatic carbocycles. The molecule has 3 nitrogen and oxygen atoms in total. The summed E-state index contributed by atoms with van der Waals surface area (Å²) in [7, 11) is 1.99. The van der Waals surface area contributed by atoms with E-state index >= 15 is 0 Å². The molecule has 1 heterocycles. The van der Waals surface area contributed by atoms with E-state index < -0.39 is 0 Å². The highest BCUT2D eigenvalue weighted by Crippen LogP contribution is 2.30. The molecule has 0 fully saturated rings. The molecule has 0 bridgehead atoms. The Kier molecular flexibility index (Phi) is 3.96. The van der Waals surface area contributed by atoms with Crippen LogP contribution < -0.4 is 10.6 Å². The molecule has 0 aliphatic heterocycles. The Morgan fingerprint density at radius 3 is 2.74 bits per heavy atom. The zero-order valence-corrected chi connectivity index (χ0v) is 12.1. The molecule has 0 aliphatic rings. The van der Waals surface area contributed by atoms with Crippen molar-refractivity contribution in [2.24, 2.45) is 0 Å². The molecule has 2 N–H and O–H groups in total. The van der Waals surface area contributed by atoms with Gasteiger partial charge in [-0.05, 0) is 43.2 Å². The molecule has 0 amide bonds. The highest BCUT2D eigenvalue weighted by atomic mass is 35.5. The first-order valence-electron chi connectivity index (χ1n) is 6.20. The Hall–Kier alpha value is -1.74. The van der Waals surface area contributed by atoms with Gasteiger partial charge in [0.25, 0.3) is 0 Å². The normalized spacial score (nSPS) is 12.2. The van der Waals surface area contributed by atoms with Gasteiger partial charge in [-0.1, -0.05) is 23.7 Å². The number of aryl methyl sites for hydroxylation is 1. The third-order valence-corrected chi connectivity index (χ3v) is 3.67. The van der Waals surface area contributed by atoms with Crippen LogP contribution in [0.15, 0.2) is 36.5 Å². The van der Waals surface area contributed by atoms with E-state index in [1.165, 1.54) is 0 Å². The van der Waals surface area contributed by atoms with Crippen molar-refractivity contribution in [2.45, 2.75) is 19.9 Å². The van der Waals surface area contributed by atoms with Crippen LogP contribution in [0.2, 0.25) is 5.02 Å². The Morgan fingerprint density at radius 2 is 2.05 bits per heavy atom. The van der Waals surface area contributed by atoms with Crippen LogP contribution in [0.25, 0.3) is 0 Å². The van der Waals surface area contributed by atoms with Gasteiger partial charge in [-0.25, -0.2) is 4.98 Å². The van der Waals surface area contributed by atoms with E-state index in [-0.39, 0.29) is 6.04 Å². The van der Waals surface area contributed by atoms with Crippen molar-refractivity contribution in [1.29, 1.82) is 0 Å². The number of nitrogen functional groups attached to an aromatic ring is 1. The van der Waals surface area contributed by atoms with Crippen LogP contribution in [-0.2, 0) is 0 Å². The van der Waals surface area contributed by atoms with Crippen LogP contribution in [0, 0.1) is 6.92 Å². The molecule has 2 rings (SSSR count). The van der Waals surface area contributed by atoms with Gasteiger partial charge in [-0.3, -0.25) is 0 Å². The molecule has 4 heteroatoms. The lowest BCUT2D eigenvalue weighted by Gasteiger charge is -2.28. The van der Waals surface area contributed by atoms with Gasteiger partial charge in [-0.15, -0.1) is 0 Å². The van der Waals surface area contributed by atoms with Gasteiger partial charge in [0, 0.05) is 18.3 Å². The summed E-state index contributed by atoms with van der Waals surface area (Å²) in [6.45, 7) is 4.09. The molecule has 1 aromatic heterocycles. The lowest BCUT2D eigenvalue weighted by Crippen LogP contribution is -2.24. The summed E-state index contributed by atoms with van der Waals surface area (Å²) in [4.78, 5) is 6.44. The molecule has 19 heavy (non-hydrogen) atoms. The van der Waals surface area contributed by atoms with Gasteiger partial charge in [-0.2, -0.15) is 0 Å². The Balaban J connectivity index is 2.33. The molecule has 0 saturated carbocycles. The van der Waals surface area contributed by atoms with E-state index in [0.29, 0.717) is 0 Å². The molecule has 1 unspecified atom stereocenters. The number of benzene rings is 1. The van der Waals surface area contributed by atoms with Crippen LogP contribution in [0.5, 0.6) is 0 Å². The molecular weight excluding hydrogens is 258 g/mol. The summed E-state index contributed by atoms with van der Waals surface area (Å²) in [5, 5.41) is 0.739. The molecule has 1 atom stereocenters. The zero-order valence-electron chi connectivity index (χ0n) is 11.4. The quantitative estimate of drug-likeness (QED) is 0.926. The largest absolute Gasteiger partial charge is 0.396 e. The van der Waals surface area contributed by atoms with Gasteiger partial charge in [0.1, 0.15) is 0 Å². The number of hydrogen-bond donors (Lipinski definition) is 1. The minimum atomic E-state index is 0.148. The molecular formula is C15H18ClN3. The fourth-order valence-electron chi connectivity index (χ4n) is 2.01. The van der Waals surface area contributed by atoms with Crippen molar-refractivity contribution in [2.75, 3.05) is 17.7 Å². The van der Waals surface area contributed by atoms with Crippen molar-refractivity contribution in [3.05, 3.63) is 52.7 Å². The monoisotopic (exact) mass is 275 g/mol. The van der Waals surface area contributed by atoms with E-state index in [1.54, 1.807) is 6.20 Å². The lowest BCUT2D eigenvalue weighted by molar-refractivity contribution is 0.730. The number of nitrogens with zero attached hydrogens (tertiary/aromatic N) is 2. The van der Waals surface area contributed by atoms with E-state index in [4.69, 9.17) is 17.3 Å². The maximum Gasteiger partial charge on any atom is 0.152 e. The second-order valence-electron chi connectivity index (χ2n) is 4.71. The van der Waals surface area contributed by atoms with Crippen LogP contribution in [0.3, 0.4) is 0 Å². The third-order valence-electron chi connectivity index (χ3n) is 3.43. The maximum absolute atomic E-state index is 6.10. The Bertz CT molecular complexity index is 583. The van der Waals surface area contributed by atoms with Gasteiger partial charge >= 0.3 is 0 Å². The van der Waals surface area contributed by atoms with E-state index in [1.807, 2.05) is 38.2 Å². The number of nitrogens with two attached hydrogens (primary N) is 1. The second kappa shape index (κ2) is 5.49. The number of halogens is 1. The maximum atomic E-state index is 6.10. The van der Waals surface area contributed by atoms with Gasteiger partial charge in [0.05, 0.1) is 11.7 Å². The lowest BCUT2D eigenvalue weighted by atomic mass is 10.1. The summed E-state index contributed by atoms with van der Waals surface area (Å²) in [5.74, 6) is 0.799. The van der Waals surface area contributed by atoms with Crippen molar-refractivity contribution < 1.29 is 0 Å². The van der Waals surface area contributed by atoms with Crippen LogP contribution in [0.4, 0.5) is 11.5 Å². The van der Waals surface area contributed by atoms with E-state index in [9.17, 15) is 0 Å². The average molecular weight is 276 g/mol. The highest BCUT2D eigenvalue weighted by molar-refractivity contribution is 6.30. The fraction of sp³-hybridized carbons (Fsp3) is 0.267. The van der Waals surface area contributed by atoms with Crippen molar-refractivity contribution in [3.8, 4) is 0 Å². The Morgan fingerprint density at radius 1 is 1.32 bits per heavy atom. The molecule has 0 radical (unpaired) electrons. The molecule has 0 spiro atoms. The van der Waals surface area contributed by atoms with Gasteiger partial charge < -0.3 is 10.6 Å². The van der Waals surface area contributed by atoms with Crippen molar-refractivity contribution in [3.63, 3.8) is 0 Å². The van der Waals surface area contributed by atoms with Crippen molar-refractivity contribution in [1.82, 2.24) is 4.98 Å². The molecule has 2 aromatic rings. The smallest absolute Gasteiger partial charge is 0.152 e. The number of anilines is 2. The number of rotatable bonds is 3. The highest BCUT2D eigenvalue weighted by Gasteiger charge is 2.16. The van der Waals surface area contributed by atoms with Gasteiger partial charge in [0.2, 0.25) is 0 Å². The fourth-order valence-corrected chi connectivity index (χ4v) is 2.21. The number of pyridine rings is 1. The standard InChI is InChI=1S/C15H18ClN3/c1-10-7-8-18-15(14(10)17)19(3)11(2)12-5-4-6-13(16)9-12/h4-9,11H,17H2,1-3H3. The molecule has 0 aliphatic carbocycles. The summed E-state index contributed by atoms with van der Waals surface area (Å²) in [6.07, 6.45) is 1.78. The summed E-state index contributed by atoms with van der Waals surface area (Å²) >= 11 is 6.04. The number of hydrogen-bond acceptors (Lipinski definition) is 3. The molecule has 0 saturated heterocycles. The first kappa shape index (κ1) is 13.7. The minimum absolute atomic E-state index is 0.148. The zero-order chi connectivity index (χ0) is 14.0. The second-order valence-corrected chi connectivity index (χ2v) is 5.14. The number of aromatic nitrogens is 1. The average Bonchev–Trinajstić information content (AvgIpc) is 2.40. The predicted molar refractivity (Wildman–Crippen MR) is 81.7 cm³/mol. The molecule has 100 valence electrons. The summed E-state index contributed by atoms with van der Waals surface area (Å²) < 4.78 is 0. The SMILES string of the molecule is Cc1ccnc(N(C)C(C)c2cccc(Cl)c2)c1N.